The van der Waals surface area contributed by atoms with Gasteiger partial charge in [0.1, 0.15) is 6.07 Å². The van der Waals surface area contributed by atoms with Crippen molar-refractivity contribution >= 4 is 16.6 Å². The molecule has 6 nitrogen and oxygen atoms in total. The van der Waals surface area contributed by atoms with Crippen LogP contribution < -0.4 is 10.2 Å². The van der Waals surface area contributed by atoms with Crippen molar-refractivity contribution in [3.8, 4) is 6.07 Å². The predicted molar refractivity (Wildman–Crippen MR) is 127 cm³/mol. The van der Waals surface area contributed by atoms with Crippen LogP contribution in [0, 0.1) is 11.3 Å². The molecule has 0 saturated carbocycles. The third-order valence-electron chi connectivity index (χ3n) is 7.31. The molecule has 0 radical (unpaired) electrons. The molecule has 1 aromatic heterocycles. The van der Waals surface area contributed by atoms with Crippen LogP contribution in [-0.2, 0) is 0 Å². The molecule has 3 aliphatic heterocycles. The number of piperazine rings is 2. The number of fused-ring (bicyclic) bond motifs is 3. The fraction of sp³-hybridized carbons (Fsp3) is 0.385. The fourth-order valence-corrected chi connectivity index (χ4v) is 5.68. The average molecular weight is 425 g/mol. The third-order valence-corrected chi connectivity index (χ3v) is 7.31. The van der Waals surface area contributed by atoms with Gasteiger partial charge in [-0.15, -0.1) is 0 Å². The minimum absolute atomic E-state index is 0.433. The van der Waals surface area contributed by atoms with Gasteiger partial charge in [0.15, 0.2) is 0 Å². The van der Waals surface area contributed by atoms with Crippen LogP contribution in [0.1, 0.15) is 18.9 Å². The molecule has 2 saturated heterocycles. The summed E-state index contributed by atoms with van der Waals surface area (Å²) in [6.45, 7) is 9.56. The summed E-state index contributed by atoms with van der Waals surface area (Å²) in [4.78, 5) is 12.1. The lowest BCUT2D eigenvalue weighted by molar-refractivity contribution is 0.273. The van der Waals surface area contributed by atoms with Crippen molar-refractivity contribution in [2.45, 2.75) is 19.4 Å². The van der Waals surface area contributed by atoms with E-state index in [0.29, 0.717) is 11.6 Å². The van der Waals surface area contributed by atoms with Gasteiger partial charge in [0.25, 0.3) is 0 Å². The number of aromatic nitrogens is 1. The molecule has 0 unspecified atom stereocenters. The maximum Gasteiger partial charge on any atom is 0.101 e. The van der Waals surface area contributed by atoms with Crippen LogP contribution in [0.25, 0.3) is 10.9 Å². The lowest BCUT2D eigenvalue weighted by Crippen LogP contribution is -2.49. The third kappa shape index (κ3) is 3.08. The molecule has 1 aromatic carbocycles. The van der Waals surface area contributed by atoms with E-state index in [1.165, 1.54) is 28.2 Å². The molecule has 4 aliphatic rings. The first kappa shape index (κ1) is 19.4. The summed E-state index contributed by atoms with van der Waals surface area (Å²) < 4.78 is 0. The largest absolute Gasteiger partial charge is 0.369 e. The Morgan fingerprint density at radius 2 is 2.00 bits per heavy atom. The highest BCUT2D eigenvalue weighted by atomic mass is 15.3. The molecule has 32 heavy (non-hydrogen) atoms. The fourth-order valence-electron chi connectivity index (χ4n) is 5.68. The highest BCUT2D eigenvalue weighted by molar-refractivity contribution is 5.95. The van der Waals surface area contributed by atoms with Crippen LogP contribution in [-0.4, -0.2) is 66.6 Å². The first-order valence-corrected chi connectivity index (χ1v) is 11.6. The maximum atomic E-state index is 9.51. The number of anilines is 1. The monoisotopic (exact) mass is 424 g/mol. The smallest absolute Gasteiger partial charge is 0.101 e. The molecule has 1 N–H and O–H groups in total. The van der Waals surface area contributed by atoms with Gasteiger partial charge in [0.2, 0.25) is 0 Å². The second kappa shape index (κ2) is 7.68. The van der Waals surface area contributed by atoms with Crippen LogP contribution in [0.5, 0.6) is 0 Å². The molecular formula is C26H28N6. The highest BCUT2D eigenvalue weighted by Gasteiger charge is 2.36. The van der Waals surface area contributed by atoms with E-state index >= 15 is 0 Å². The summed E-state index contributed by atoms with van der Waals surface area (Å²) in [7, 11) is 0. The van der Waals surface area contributed by atoms with Crippen LogP contribution in [0.3, 0.4) is 0 Å². The van der Waals surface area contributed by atoms with E-state index in [1.807, 2.05) is 12.1 Å². The van der Waals surface area contributed by atoms with Crippen molar-refractivity contribution < 1.29 is 0 Å². The second-order valence-electron chi connectivity index (χ2n) is 9.17. The Bertz CT molecular complexity index is 1210. The summed E-state index contributed by atoms with van der Waals surface area (Å²) in [5, 5.41) is 14.0. The Morgan fingerprint density at radius 1 is 1.12 bits per heavy atom. The van der Waals surface area contributed by atoms with E-state index in [2.05, 4.69) is 62.3 Å². The zero-order valence-electron chi connectivity index (χ0n) is 18.5. The van der Waals surface area contributed by atoms with Gasteiger partial charge < -0.3 is 20.0 Å². The number of benzene rings is 1. The molecule has 4 heterocycles. The summed E-state index contributed by atoms with van der Waals surface area (Å²) >= 11 is 0. The number of hydrogen-bond acceptors (Lipinski definition) is 6. The van der Waals surface area contributed by atoms with Crippen molar-refractivity contribution in [2.24, 2.45) is 0 Å². The number of pyridine rings is 1. The number of rotatable bonds is 2. The molecule has 0 spiro atoms. The minimum atomic E-state index is 0.433. The van der Waals surface area contributed by atoms with E-state index in [-0.39, 0.29) is 0 Å². The molecule has 0 amide bonds. The van der Waals surface area contributed by atoms with E-state index < -0.39 is 0 Å². The van der Waals surface area contributed by atoms with Crippen molar-refractivity contribution in [2.75, 3.05) is 50.7 Å². The first-order chi connectivity index (χ1) is 15.7. The molecule has 162 valence electrons. The van der Waals surface area contributed by atoms with Gasteiger partial charge in [-0.1, -0.05) is 6.08 Å². The van der Waals surface area contributed by atoms with Gasteiger partial charge in [-0.05, 0) is 54.8 Å². The second-order valence-corrected chi connectivity index (χ2v) is 9.17. The van der Waals surface area contributed by atoms with Crippen molar-refractivity contribution in [3.63, 3.8) is 0 Å². The Kier molecular flexibility index (Phi) is 4.65. The van der Waals surface area contributed by atoms with Crippen molar-refractivity contribution in [3.05, 3.63) is 70.7 Å². The molecule has 6 rings (SSSR count). The Morgan fingerprint density at radius 3 is 2.84 bits per heavy atom. The van der Waals surface area contributed by atoms with E-state index in [0.717, 1.165) is 63.1 Å². The maximum absolute atomic E-state index is 9.51. The Balaban J connectivity index is 1.34. The highest BCUT2D eigenvalue weighted by Crippen LogP contribution is 2.40. The molecule has 2 fully saturated rings. The lowest BCUT2D eigenvalue weighted by atomic mass is 9.96. The minimum Gasteiger partial charge on any atom is -0.369 e. The molecular weight excluding hydrogens is 396 g/mol. The summed E-state index contributed by atoms with van der Waals surface area (Å²) in [5.41, 5.74) is 8.49. The van der Waals surface area contributed by atoms with Crippen molar-refractivity contribution in [1.82, 2.24) is 20.1 Å². The van der Waals surface area contributed by atoms with Gasteiger partial charge in [-0.3, -0.25) is 4.98 Å². The van der Waals surface area contributed by atoms with Gasteiger partial charge >= 0.3 is 0 Å². The molecule has 6 heteroatoms. The number of hydrogen-bond donors (Lipinski definition) is 1. The average Bonchev–Trinajstić information content (AvgIpc) is 3.22. The lowest BCUT2D eigenvalue weighted by Gasteiger charge is -2.42. The van der Waals surface area contributed by atoms with E-state index in [1.54, 1.807) is 6.20 Å². The number of nitrogens with one attached hydrogen (secondary N) is 1. The zero-order chi connectivity index (χ0) is 21.7. The van der Waals surface area contributed by atoms with Crippen LogP contribution in [0.15, 0.2) is 65.2 Å². The van der Waals surface area contributed by atoms with Gasteiger partial charge in [-0.25, -0.2) is 0 Å². The standard InChI is InChI=1S/C26H28N6/c1-18-15-31(24-7-4-19(14-27)26-23(24)3-2-8-29-26)17-25-22-6-5-21(13-20(22)16-32(18)25)30-11-9-28-10-12-30/h2-5,7-8,13,18,28H,6,9-12,15-17H2,1H3/t18-/m0/s1. The van der Waals surface area contributed by atoms with Crippen molar-refractivity contribution in [1.29, 1.82) is 5.26 Å². The van der Waals surface area contributed by atoms with Crippen LogP contribution in [0.4, 0.5) is 5.69 Å². The summed E-state index contributed by atoms with van der Waals surface area (Å²) in [6, 6.07) is 10.8. The van der Waals surface area contributed by atoms with E-state index in [9.17, 15) is 5.26 Å². The summed E-state index contributed by atoms with van der Waals surface area (Å²) in [5.74, 6) is 0. The zero-order valence-corrected chi connectivity index (χ0v) is 18.5. The van der Waals surface area contributed by atoms with Crippen LogP contribution >= 0.6 is 0 Å². The van der Waals surface area contributed by atoms with Gasteiger partial charge in [-0.2, -0.15) is 5.26 Å². The topological polar surface area (TPSA) is 58.4 Å². The number of nitrogens with zero attached hydrogens (tertiary/aromatic N) is 5. The molecule has 1 atom stereocenters. The first-order valence-electron chi connectivity index (χ1n) is 11.6. The molecule has 1 aliphatic carbocycles. The SMILES string of the molecule is C[C@H]1CN(c2ccc(C#N)c3ncccc23)CC2=C3CC=C(N4CCNCC4)C=C3CN21. The number of allylic oxidation sites excluding steroid dienone is 2. The Hall–Kier alpha value is -3.30. The number of nitriles is 1. The van der Waals surface area contributed by atoms with E-state index in [4.69, 9.17) is 0 Å². The molecule has 2 aromatic rings. The Labute approximate surface area is 189 Å². The summed E-state index contributed by atoms with van der Waals surface area (Å²) in [6.07, 6.45) is 7.66. The van der Waals surface area contributed by atoms with Crippen LogP contribution in [0.2, 0.25) is 0 Å². The quantitative estimate of drug-likeness (QED) is 0.800. The molecule has 0 bridgehead atoms. The normalized spacial score (nSPS) is 23.0. The van der Waals surface area contributed by atoms with Gasteiger partial charge in [0.05, 0.1) is 17.6 Å². The van der Waals surface area contributed by atoms with Gasteiger partial charge in [0, 0.05) is 74.0 Å². The predicted octanol–water partition coefficient (Wildman–Crippen LogP) is 3.00.